The highest BCUT2D eigenvalue weighted by Gasteiger charge is 2.60. The van der Waals surface area contributed by atoms with Crippen molar-refractivity contribution in [2.24, 2.45) is 0 Å². The highest BCUT2D eigenvalue weighted by atomic mass is 16.8. The Morgan fingerprint density at radius 2 is 0.344 bits per heavy atom. The molecule has 93 heavy (non-hydrogen) atoms. The van der Waals surface area contributed by atoms with E-state index in [4.69, 9.17) is 75.8 Å². The number of pyridine rings is 1. The number of rotatable bonds is 9. The summed E-state index contributed by atoms with van der Waals surface area (Å²) >= 11 is 0. The molecule has 0 unspecified atom stereocenters. The molecule has 0 amide bonds. The largest absolute Gasteiger partial charge is 0.394 e. The fraction of sp³-hybridized carbons (Fsp3) is 0.906. The van der Waals surface area contributed by atoms with Gasteiger partial charge in [0, 0.05) is 12.1 Å². The van der Waals surface area contributed by atoms with Crippen LogP contribution in [0.15, 0.2) is 30.6 Å². The van der Waals surface area contributed by atoms with Crippen molar-refractivity contribution >= 4 is 0 Å². The Morgan fingerprint density at radius 1 is 0.194 bits per heavy atom. The number of aliphatic hydroxyl groups is 23. The van der Waals surface area contributed by atoms with Gasteiger partial charge in [-0.1, -0.05) is 6.07 Å². The van der Waals surface area contributed by atoms with Crippen molar-refractivity contribution in [3.05, 3.63) is 30.6 Å². The first-order chi connectivity index (χ1) is 44.4. The molecule has 40 nitrogen and oxygen atoms in total. The van der Waals surface area contributed by atoms with Gasteiger partial charge >= 0.3 is 0 Å². The van der Waals surface area contributed by atoms with Gasteiger partial charge in [0.2, 0.25) is 0 Å². The molecule has 16 bridgehead atoms. The van der Waals surface area contributed by atoms with Crippen LogP contribution < -0.4 is 4.57 Å². The summed E-state index contributed by atoms with van der Waals surface area (Å²) in [6, 6.07) is 4.86. The minimum atomic E-state index is -2.25. The van der Waals surface area contributed by atoms with Gasteiger partial charge in [-0.2, -0.15) is 0 Å². The fourth-order valence-corrected chi connectivity index (χ4v) is 12.7. The van der Waals surface area contributed by atoms with Gasteiger partial charge in [0.05, 0.1) is 46.2 Å². The van der Waals surface area contributed by atoms with E-state index in [-0.39, 0.29) is 6.54 Å². The average Bonchev–Trinajstić information content (AvgIpc) is 0.788. The maximum absolute atomic E-state index is 11.8. The predicted molar refractivity (Wildman–Crippen MR) is 281 cm³/mol. The first-order valence-corrected chi connectivity index (χ1v) is 30.0. The van der Waals surface area contributed by atoms with Crippen molar-refractivity contribution in [1.82, 2.24) is 0 Å². The molecule has 1 aromatic heterocycles. The highest BCUT2D eigenvalue weighted by Crippen LogP contribution is 2.40. The molecule has 0 spiro atoms. The van der Waals surface area contributed by atoms with Crippen molar-refractivity contribution in [2.75, 3.05) is 46.2 Å². The quantitative estimate of drug-likeness (QED) is 0.102. The first-order valence-electron chi connectivity index (χ1n) is 30.0. The predicted octanol–water partition coefficient (Wildman–Crippen LogP) is -16.4. The molecule has 30 saturated heterocycles. The van der Waals surface area contributed by atoms with Crippen molar-refractivity contribution in [3.8, 4) is 0 Å². The molecule has 0 saturated carbocycles. The smallest absolute Gasteiger partial charge is 0.187 e. The molecule has 31 rings (SSSR count). The minimum absolute atomic E-state index is 0.274. The van der Waals surface area contributed by atoms with E-state index < -0.39 is 292 Å². The number of ether oxygens (including phenoxy) is 16. The van der Waals surface area contributed by atoms with Crippen LogP contribution >= 0.6 is 0 Å². The third-order valence-corrected chi connectivity index (χ3v) is 17.9. The summed E-state index contributed by atoms with van der Waals surface area (Å²) in [5.41, 5.74) is 0. The number of aromatic nitrogens is 1. The Bertz CT molecular complexity index is 2440. The van der Waals surface area contributed by atoms with Gasteiger partial charge in [-0.05, 0) is 0 Å². The van der Waals surface area contributed by atoms with Crippen LogP contribution in [0.2, 0.25) is 0 Å². The van der Waals surface area contributed by atoms with E-state index in [1.54, 1.807) is 30.6 Å². The Morgan fingerprint density at radius 3 is 0.505 bits per heavy atom. The lowest BCUT2D eigenvalue weighted by Crippen LogP contribution is -2.69. The van der Waals surface area contributed by atoms with E-state index in [2.05, 4.69) is 0 Å². The molecular formula is C53H84NO39+. The third-order valence-electron chi connectivity index (χ3n) is 17.9. The van der Waals surface area contributed by atoms with Crippen LogP contribution in [0.4, 0.5) is 0 Å². The number of nitrogens with zero attached hydrogens (tertiary/aromatic N) is 1. The number of aliphatic hydroxyl groups excluding tert-OH is 23. The first kappa shape index (κ1) is 73.3. The van der Waals surface area contributed by atoms with Gasteiger partial charge in [0.15, 0.2) is 69.3 Å². The molecule has 0 aromatic carbocycles. The number of hydrogen-bond donors (Lipinski definition) is 23. The van der Waals surface area contributed by atoms with Crippen LogP contribution in [0.25, 0.3) is 0 Å². The molecule has 40 heteroatoms. The zero-order chi connectivity index (χ0) is 67.2. The number of hydrogen-bond acceptors (Lipinski definition) is 39. The zero-order valence-corrected chi connectivity index (χ0v) is 48.9. The molecular weight excluding hydrogens is 1270 g/mol. The Balaban J connectivity index is 0.927. The summed E-state index contributed by atoms with van der Waals surface area (Å²) in [6.07, 6.45) is -77.8. The fourth-order valence-electron chi connectivity index (χ4n) is 12.7. The lowest BCUT2D eigenvalue weighted by atomic mass is 9.94. The topological polar surface area (TPSA) is 617 Å². The van der Waals surface area contributed by atoms with Gasteiger partial charge < -0.3 is 193 Å². The second kappa shape index (κ2) is 31.4. The van der Waals surface area contributed by atoms with E-state index in [0.717, 1.165) is 0 Å². The van der Waals surface area contributed by atoms with Crippen LogP contribution in [0, 0.1) is 0 Å². The summed E-state index contributed by atoms with van der Waals surface area (Å²) in [5, 5.41) is 258. The lowest BCUT2D eigenvalue weighted by Gasteiger charge is -2.50. The molecule has 0 aliphatic carbocycles. The van der Waals surface area contributed by atoms with E-state index >= 15 is 0 Å². The molecule has 30 aliphatic rings. The van der Waals surface area contributed by atoms with E-state index in [9.17, 15) is 117 Å². The lowest BCUT2D eigenvalue weighted by molar-refractivity contribution is -0.707. The molecule has 40 atom stereocenters. The molecule has 31 heterocycles. The van der Waals surface area contributed by atoms with Gasteiger partial charge in [0.25, 0.3) is 0 Å². The third kappa shape index (κ3) is 14.8. The Labute approximate surface area is 525 Å². The standard InChI is InChI=1S/C53H84NO39/c55-7-15-39-24(64)32(72)48(80-15)89-41-17(9-57)82-50(34(74)26(41)66)91-43-19(11-59)84-52(36(76)28(43)68)93-45-21(13-61)85-53(37(77)29(45)69)92-44-20(12-60)83-51(35(75)27(44)67)90-42-18(10-58)81-49(33(73)25(42)65)88-40-16(8-56)79-47(31(71)23(40)63)86-38-14(6-54-4-2-1-3-5-54)78-46(87-39)30(70)22(38)62/h1-5,14-53,55-77H,6-13H2/q+1/t14-,15-,16+,17-,18+,19-,20+,21-,22-,23-,24+,25-,26+,27-,28-,29+,30-,31-,32+,33-,34+,35-,36-,37+,38-,39-,40-,41-,42-,43-,44-,45-,46-,47-,48-,49-,50-,51-,52-,53-/m1/s1. The van der Waals surface area contributed by atoms with E-state index in [0.29, 0.717) is 0 Å². The van der Waals surface area contributed by atoms with E-state index in [1.807, 2.05) is 0 Å². The van der Waals surface area contributed by atoms with Gasteiger partial charge in [-0.15, -0.1) is 0 Å². The maximum atomic E-state index is 11.8. The average molecular weight is 1360 g/mol. The van der Waals surface area contributed by atoms with Crippen molar-refractivity contribution in [2.45, 2.75) is 252 Å². The monoisotopic (exact) mass is 1360 g/mol. The van der Waals surface area contributed by atoms with Gasteiger partial charge in [-0.25, -0.2) is 4.57 Å². The molecule has 30 fully saturated rings. The summed E-state index contributed by atoms with van der Waals surface area (Å²) in [6.45, 7) is -7.74. The van der Waals surface area contributed by atoms with Crippen LogP contribution in [-0.4, -0.2) is 409 Å². The van der Waals surface area contributed by atoms with Crippen LogP contribution in [0.1, 0.15) is 0 Å². The van der Waals surface area contributed by atoms with Gasteiger partial charge in [0.1, 0.15) is 195 Å². The second-order valence-corrected chi connectivity index (χ2v) is 23.8. The summed E-state index contributed by atoms with van der Waals surface area (Å²) < 4.78 is 94.4. The SMILES string of the molecule is OC[C@@H]1O[C@@H]2O[C@H]3[C@H](O)[C@@H](O)[C@@H](O[C@H]4[C@H](O)[C@@H](O)[C@@H](O[C@H]5[C@H](O)[C@@H](O)[C@@H](O[C@H]6[C@@H](O)[C@H](O)[C@@H](O[C@H]7[C@@H](O)[C@H](O)[C@@H](O[C@H]8[C@H](O)[C@@H](O)[C@@H](O[C@H]9[C@@H](O)[C@H](O)[C@@H](O[C@H]1[C@H](O)[C@H]2O)O[C@@H]9CO)O[C@@H]8CO)O[C@@H]7CO)O[C@@H]6CO)O[C@@H]5C[n+]1ccccc1)O[C@H]4CO)O[C@H]3CO. The molecule has 23 N–H and O–H groups in total. The summed E-state index contributed by atoms with van der Waals surface area (Å²) in [4.78, 5) is 0. The Hall–Kier alpha value is -2.41. The Kier molecular flexibility index (Phi) is 24.8. The van der Waals surface area contributed by atoms with Crippen molar-refractivity contribution in [1.29, 1.82) is 0 Å². The van der Waals surface area contributed by atoms with Gasteiger partial charge in [-0.3, -0.25) is 0 Å². The van der Waals surface area contributed by atoms with Crippen molar-refractivity contribution < 1.29 is 198 Å². The van der Waals surface area contributed by atoms with Crippen molar-refractivity contribution in [3.63, 3.8) is 0 Å². The minimum Gasteiger partial charge on any atom is -0.394 e. The van der Waals surface area contributed by atoms with E-state index in [1.165, 1.54) is 4.57 Å². The van der Waals surface area contributed by atoms with Crippen LogP contribution in [0.3, 0.4) is 0 Å². The zero-order valence-electron chi connectivity index (χ0n) is 48.9. The van der Waals surface area contributed by atoms with Crippen LogP contribution in [0.5, 0.6) is 0 Å². The highest BCUT2D eigenvalue weighted by molar-refractivity contribution is 5.02. The summed E-state index contributed by atoms with van der Waals surface area (Å²) in [7, 11) is 0. The molecule has 30 aliphatic heterocycles. The van der Waals surface area contributed by atoms with Crippen LogP contribution in [-0.2, 0) is 82.3 Å². The normalized spacial score (nSPS) is 53.0. The molecule has 1 aromatic rings. The maximum Gasteiger partial charge on any atom is 0.187 e. The second-order valence-electron chi connectivity index (χ2n) is 23.8. The molecule has 0 radical (unpaired) electrons. The molecule has 534 valence electrons. The summed E-state index contributed by atoms with van der Waals surface area (Å²) in [5.74, 6) is 0.